The third kappa shape index (κ3) is 3.02. The van der Waals surface area contributed by atoms with Crippen molar-refractivity contribution in [3.8, 4) is 6.07 Å². The molecule has 3 N–H and O–H groups in total. The van der Waals surface area contributed by atoms with Crippen molar-refractivity contribution in [2.45, 2.75) is 4.90 Å². The molecule has 0 saturated carbocycles. The monoisotopic (exact) mass is 307 g/mol. The van der Waals surface area contributed by atoms with Gasteiger partial charge in [-0.25, -0.2) is 8.42 Å². The number of rotatable bonds is 3. The Morgan fingerprint density at radius 1 is 1.20 bits per heavy atom. The van der Waals surface area contributed by atoms with Gasteiger partial charge in [0, 0.05) is 5.02 Å². The zero-order valence-corrected chi connectivity index (χ0v) is 11.7. The second-order valence-corrected chi connectivity index (χ2v) is 6.07. The van der Waals surface area contributed by atoms with Crippen molar-refractivity contribution < 1.29 is 8.42 Å². The van der Waals surface area contributed by atoms with Gasteiger partial charge in [0.15, 0.2) is 0 Å². The molecule has 0 aromatic heterocycles. The Morgan fingerprint density at radius 3 is 2.55 bits per heavy atom. The van der Waals surface area contributed by atoms with Gasteiger partial charge < -0.3 is 5.73 Å². The SMILES string of the molecule is N#Cc1ccc(S(=O)(=O)Nc2cccc(Cl)c2)c(N)c1. The summed E-state index contributed by atoms with van der Waals surface area (Å²) in [6.45, 7) is 0. The highest BCUT2D eigenvalue weighted by atomic mass is 35.5. The van der Waals surface area contributed by atoms with E-state index in [1.54, 1.807) is 18.2 Å². The van der Waals surface area contributed by atoms with Gasteiger partial charge in [-0.1, -0.05) is 17.7 Å². The van der Waals surface area contributed by atoms with Gasteiger partial charge in [-0.2, -0.15) is 5.26 Å². The molecule has 0 saturated heterocycles. The third-order valence-corrected chi connectivity index (χ3v) is 4.20. The lowest BCUT2D eigenvalue weighted by molar-refractivity contribution is 0.601. The van der Waals surface area contributed by atoms with Crippen LogP contribution in [0.25, 0.3) is 0 Å². The van der Waals surface area contributed by atoms with Crippen LogP contribution in [0.4, 0.5) is 11.4 Å². The van der Waals surface area contributed by atoms with Gasteiger partial charge in [0.2, 0.25) is 0 Å². The molecule has 0 spiro atoms. The predicted octanol–water partition coefficient (Wildman–Crippen LogP) is 2.59. The average Bonchev–Trinajstić information content (AvgIpc) is 2.37. The maximum Gasteiger partial charge on any atom is 0.263 e. The standard InChI is InChI=1S/C13H10ClN3O2S/c14-10-2-1-3-11(7-10)17-20(18,19)13-5-4-9(8-15)6-12(13)16/h1-7,17H,16H2. The molecule has 0 heterocycles. The molecular weight excluding hydrogens is 298 g/mol. The maximum absolute atomic E-state index is 12.2. The van der Waals surface area contributed by atoms with E-state index < -0.39 is 10.0 Å². The Balaban J connectivity index is 2.39. The summed E-state index contributed by atoms with van der Waals surface area (Å²) < 4.78 is 26.8. The molecule has 0 fully saturated rings. The fourth-order valence-electron chi connectivity index (χ4n) is 1.62. The van der Waals surface area contributed by atoms with Crippen molar-refractivity contribution in [1.29, 1.82) is 5.26 Å². The van der Waals surface area contributed by atoms with Gasteiger partial charge in [-0.3, -0.25) is 4.72 Å². The molecule has 102 valence electrons. The van der Waals surface area contributed by atoms with Crippen LogP contribution < -0.4 is 10.5 Å². The Bertz CT molecular complexity index is 798. The van der Waals surface area contributed by atoms with E-state index in [0.717, 1.165) is 0 Å². The number of hydrogen-bond acceptors (Lipinski definition) is 4. The number of anilines is 2. The van der Waals surface area contributed by atoms with E-state index in [2.05, 4.69) is 4.72 Å². The summed E-state index contributed by atoms with van der Waals surface area (Å²) >= 11 is 5.79. The van der Waals surface area contributed by atoms with E-state index in [9.17, 15) is 8.42 Å². The van der Waals surface area contributed by atoms with Crippen molar-refractivity contribution in [1.82, 2.24) is 0 Å². The second-order valence-electron chi connectivity index (χ2n) is 3.98. The van der Waals surface area contributed by atoms with Crippen LogP contribution in [0.3, 0.4) is 0 Å². The van der Waals surface area contributed by atoms with Crippen LogP contribution in [0.1, 0.15) is 5.56 Å². The van der Waals surface area contributed by atoms with Crippen LogP contribution in [0.5, 0.6) is 0 Å². The minimum atomic E-state index is -3.83. The van der Waals surface area contributed by atoms with E-state index in [1.807, 2.05) is 6.07 Å². The van der Waals surface area contributed by atoms with E-state index in [0.29, 0.717) is 16.3 Å². The zero-order valence-electron chi connectivity index (χ0n) is 10.2. The smallest absolute Gasteiger partial charge is 0.263 e. The molecule has 0 aliphatic heterocycles. The molecule has 0 aliphatic carbocycles. The fourth-order valence-corrected chi connectivity index (χ4v) is 2.98. The van der Waals surface area contributed by atoms with Gasteiger partial charge in [0.1, 0.15) is 4.90 Å². The number of nitrogen functional groups attached to an aromatic ring is 1. The van der Waals surface area contributed by atoms with Gasteiger partial charge in [-0.15, -0.1) is 0 Å². The highest BCUT2D eigenvalue weighted by Gasteiger charge is 2.18. The lowest BCUT2D eigenvalue weighted by atomic mass is 10.2. The topological polar surface area (TPSA) is 96.0 Å². The fraction of sp³-hybridized carbons (Fsp3) is 0. The first-order chi connectivity index (χ1) is 9.42. The number of sulfonamides is 1. The van der Waals surface area contributed by atoms with Crippen molar-refractivity contribution in [3.63, 3.8) is 0 Å². The predicted molar refractivity (Wildman–Crippen MR) is 77.8 cm³/mol. The molecule has 0 radical (unpaired) electrons. The Labute approximate surface area is 121 Å². The minimum absolute atomic E-state index is 0.0126. The lowest BCUT2D eigenvalue weighted by Gasteiger charge is -2.10. The number of nitrogens with one attached hydrogen (secondary N) is 1. The van der Waals surface area contributed by atoms with Gasteiger partial charge in [0.25, 0.3) is 10.0 Å². The Hall–Kier alpha value is -2.23. The molecule has 0 amide bonds. The van der Waals surface area contributed by atoms with E-state index in [4.69, 9.17) is 22.6 Å². The van der Waals surface area contributed by atoms with Crippen molar-refractivity contribution in [2.24, 2.45) is 0 Å². The van der Waals surface area contributed by atoms with Crippen LogP contribution in [0.2, 0.25) is 5.02 Å². The number of nitrogens with zero attached hydrogens (tertiary/aromatic N) is 1. The molecule has 2 aromatic rings. The molecule has 20 heavy (non-hydrogen) atoms. The Morgan fingerprint density at radius 2 is 1.95 bits per heavy atom. The summed E-state index contributed by atoms with van der Waals surface area (Å²) in [6.07, 6.45) is 0. The van der Waals surface area contributed by atoms with Crippen LogP contribution >= 0.6 is 11.6 Å². The van der Waals surface area contributed by atoms with Crippen molar-refractivity contribution >= 4 is 33.0 Å². The van der Waals surface area contributed by atoms with Crippen LogP contribution in [0.15, 0.2) is 47.4 Å². The minimum Gasteiger partial charge on any atom is -0.398 e. The van der Waals surface area contributed by atoms with Gasteiger partial charge in [0.05, 0.1) is 23.0 Å². The largest absolute Gasteiger partial charge is 0.398 e. The summed E-state index contributed by atoms with van der Waals surface area (Å²) in [6, 6.07) is 12.2. The molecule has 0 aliphatic rings. The van der Waals surface area contributed by atoms with Crippen LogP contribution in [-0.2, 0) is 10.0 Å². The number of nitriles is 1. The molecule has 0 unspecified atom stereocenters. The lowest BCUT2D eigenvalue weighted by Crippen LogP contribution is -2.14. The number of benzene rings is 2. The molecule has 2 aromatic carbocycles. The molecule has 5 nitrogen and oxygen atoms in total. The summed E-state index contributed by atoms with van der Waals surface area (Å²) in [5, 5.41) is 9.15. The van der Waals surface area contributed by atoms with Gasteiger partial charge in [-0.05, 0) is 36.4 Å². The maximum atomic E-state index is 12.2. The summed E-state index contributed by atoms with van der Waals surface area (Å²) in [5.74, 6) is 0. The summed E-state index contributed by atoms with van der Waals surface area (Å²) in [7, 11) is -3.83. The first kappa shape index (κ1) is 14.2. The molecule has 7 heteroatoms. The van der Waals surface area contributed by atoms with E-state index in [-0.39, 0.29) is 10.6 Å². The van der Waals surface area contributed by atoms with E-state index >= 15 is 0 Å². The first-order valence-corrected chi connectivity index (χ1v) is 7.36. The third-order valence-electron chi connectivity index (χ3n) is 2.51. The highest BCUT2D eigenvalue weighted by Crippen LogP contribution is 2.23. The second kappa shape index (κ2) is 5.41. The Kier molecular flexibility index (Phi) is 3.84. The highest BCUT2D eigenvalue weighted by molar-refractivity contribution is 7.92. The van der Waals surface area contributed by atoms with E-state index in [1.165, 1.54) is 24.3 Å². The van der Waals surface area contributed by atoms with Crippen LogP contribution in [0, 0.1) is 11.3 Å². The average molecular weight is 308 g/mol. The normalized spacial score (nSPS) is 10.8. The summed E-state index contributed by atoms with van der Waals surface area (Å²) in [5.41, 5.74) is 6.31. The van der Waals surface area contributed by atoms with Crippen LogP contribution in [-0.4, -0.2) is 8.42 Å². The quantitative estimate of drug-likeness (QED) is 0.852. The van der Waals surface area contributed by atoms with Crippen molar-refractivity contribution in [2.75, 3.05) is 10.5 Å². The summed E-state index contributed by atoms with van der Waals surface area (Å²) in [4.78, 5) is -0.0866. The van der Waals surface area contributed by atoms with Crippen molar-refractivity contribution in [3.05, 3.63) is 53.1 Å². The number of nitrogens with two attached hydrogens (primary N) is 1. The first-order valence-electron chi connectivity index (χ1n) is 5.50. The molecule has 2 rings (SSSR count). The molecular formula is C13H10ClN3O2S. The molecule has 0 atom stereocenters. The molecule has 0 bridgehead atoms. The number of halogens is 1. The number of hydrogen-bond donors (Lipinski definition) is 2. The zero-order chi connectivity index (χ0) is 14.8. The van der Waals surface area contributed by atoms with Gasteiger partial charge >= 0.3 is 0 Å².